The monoisotopic (exact) mass is 528 g/mol. The minimum Gasteiger partial charge on any atom is -0.481 e. The average molecular weight is 529 g/mol. The normalized spacial score (nSPS) is 12.6. The van der Waals surface area contributed by atoms with Gasteiger partial charge in [-0.05, 0) is 66.3 Å². The Morgan fingerprint density at radius 3 is 2.51 bits per heavy atom. The van der Waals surface area contributed by atoms with E-state index in [1.165, 1.54) is 11.1 Å². The number of aliphatic carboxylic acids is 1. The number of benzene rings is 2. The molecule has 2 amide bonds. The van der Waals surface area contributed by atoms with Crippen molar-refractivity contribution >= 4 is 29.2 Å². The summed E-state index contributed by atoms with van der Waals surface area (Å²) in [5, 5.41) is 12.4. The maximum absolute atomic E-state index is 13.1. The van der Waals surface area contributed by atoms with Crippen molar-refractivity contribution in [2.75, 3.05) is 30.4 Å². The van der Waals surface area contributed by atoms with Crippen LogP contribution >= 0.6 is 0 Å². The Bertz CT molecular complexity index is 1310. The van der Waals surface area contributed by atoms with Crippen molar-refractivity contribution in [1.29, 1.82) is 0 Å². The van der Waals surface area contributed by atoms with Crippen LogP contribution in [0.3, 0.4) is 0 Å². The molecule has 8 nitrogen and oxygen atoms in total. The van der Waals surface area contributed by atoms with Crippen LogP contribution in [0, 0.1) is 5.92 Å². The van der Waals surface area contributed by atoms with Gasteiger partial charge in [-0.2, -0.15) is 0 Å². The zero-order valence-electron chi connectivity index (χ0n) is 22.6. The molecule has 0 atom stereocenters. The third kappa shape index (κ3) is 7.66. The molecule has 1 heterocycles. The highest BCUT2D eigenvalue weighted by atomic mass is 16.4. The number of carbonyl (C=O) groups excluding carboxylic acids is 2. The predicted molar refractivity (Wildman–Crippen MR) is 153 cm³/mol. The first-order valence-corrected chi connectivity index (χ1v) is 13.5. The average Bonchev–Trinajstić information content (AvgIpc) is 3.80. The molecule has 0 unspecified atom stereocenters. The number of nitrogens with zero attached hydrogens (tertiary/aromatic N) is 3. The van der Waals surface area contributed by atoms with E-state index in [-0.39, 0.29) is 37.2 Å². The van der Waals surface area contributed by atoms with Crippen LogP contribution in [0.15, 0.2) is 67.0 Å². The van der Waals surface area contributed by atoms with E-state index in [1.807, 2.05) is 49.5 Å². The summed E-state index contributed by atoms with van der Waals surface area (Å²) in [5.41, 5.74) is 4.97. The number of amides is 2. The molecule has 2 aromatic carbocycles. The molecule has 0 bridgehead atoms. The fourth-order valence-electron chi connectivity index (χ4n) is 4.47. The van der Waals surface area contributed by atoms with Gasteiger partial charge < -0.3 is 20.2 Å². The lowest BCUT2D eigenvalue weighted by Gasteiger charge is -2.24. The van der Waals surface area contributed by atoms with E-state index in [4.69, 9.17) is 0 Å². The highest BCUT2D eigenvalue weighted by molar-refractivity contribution is 5.98. The van der Waals surface area contributed by atoms with Gasteiger partial charge in [0.1, 0.15) is 0 Å². The van der Waals surface area contributed by atoms with E-state index < -0.39 is 5.97 Å². The summed E-state index contributed by atoms with van der Waals surface area (Å²) < 4.78 is 0. The Kier molecular flexibility index (Phi) is 9.31. The Balaban J connectivity index is 1.60. The van der Waals surface area contributed by atoms with E-state index in [9.17, 15) is 19.5 Å². The molecule has 1 aliphatic carbocycles. The number of carboxylic acid groups (broad SMARTS) is 1. The molecule has 0 radical (unpaired) electrons. The van der Waals surface area contributed by atoms with Gasteiger partial charge >= 0.3 is 5.97 Å². The Morgan fingerprint density at radius 1 is 1.03 bits per heavy atom. The van der Waals surface area contributed by atoms with E-state index in [0.29, 0.717) is 5.56 Å². The molecule has 4 rings (SSSR count). The highest BCUT2D eigenvalue weighted by Gasteiger charge is 2.30. The fraction of sp³-hybridized carbons (Fsp3) is 0.355. The van der Waals surface area contributed by atoms with Crippen LogP contribution in [-0.4, -0.2) is 52.9 Å². The molecular weight excluding hydrogens is 492 g/mol. The second-order valence-corrected chi connectivity index (χ2v) is 10.1. The van der Waals surface area contributed by atoms with Crippen molar-refractivity contribution in [3.8, 4) is 11.1 Å². The summed E-state index contributed by atoms with van der Waals surface area (Å²) in [5.74, 6) is -1.06. The molecule has 3 aromatic rings. The number of anilines is 2. The fourth-order valence-corrected chi connectivity index (χ4v) is 4.47. The molecule has 1 aliphatic rings. The highest BCUT2D eigenvalue weighted by Crippen LogP contribution is 2.35. The number of nitrogens with one attached hydrogen (secondary N) is 1. The largest absolute Gasteiger partial charge is 0.481 e. The molecule has 204 valence electrons. The number of carboxylic acids is 1. The van der Waals surface area contributed by atoms with Gasteiger partial charge in [0.05, 0.1) is 23.4 Å². The van der Waals surface area contributed by atoms with Crippen LogP contribution in [0.5, 0.6) is 0 Å². The maximum Gasteiger partial charge on any atom is 0.305 e. The number of rotatable bonds is 13. The molecular formula is C31H36N4O4. The molecule has 39 heavy (non-hydrogen) atoms. The lowest BCUT2D eigenvalue weighted by atomic mass is 10.0. The van der Waals surface area contributed by atoms with Crippen molar-refractivity contribution in [2.24, 2.45) is 5.92 Å². The van der Waals surface area contributed by atoms with Crippen molar-refractivity contribution in [2.45, 2.75) is 45.6 Å². The molecule has 1 aromatic heterocycles. The zero-order chi connectivity index (χ0) is 27.8. The number of pyridine rings is 1. The van der Waals surface area contributed by atoms with Gasteiger partial charge in [0, 0.05) is 45.0 Å². The number of aromatic nitrogens is 1. The van der Waals surface area contributed by atoms with Crippen LogP contribution in [0.25, 0.3) is 11.1 Å². The van der Waals surface area contributed by atoms with E-state index in [1.54, 1.807) is 18.3 Å². The number of hydrogen-bond acceptors (Lipinski definition) is 5. The molecule has 1 fully saturated rings. The summed E-state index contributed by atoms with van der Waals surface area (Å²) in [6.45, 7) is 3.41. The van der Waals surface area contributed by atoms with Crippen molar-refractivity contribution < 1.29 is 19.5 Å². The van der Waals surface area contributed by atoms with Gasteiger partial charge in [0.15, 0.2) is 0 Å². The first-order chi connectivity index (χ1) is 18.9. The van der Waals surface area contributed by atoms with Crippen molar-refractivity contribution in [3.63, 3.8) is 0 Å². The number of unbranched alkanes of at least 4 members (excludes halogenated alkanes) is 1. The van der Waals surface area contributed by atoms with Crippen LogP contribution in [-0.2, 0) is 16.1 Å². The quantitative estimate of drug-likeness (QED) is 0.306. The molecule has 0 spiro atoms. The predicted octanol–water partition coefficient (Wildman–Crippen LogP) is 5.45. The van der Waals surface area contributed by atoms with Crippen molar-refractivity contribution in [1.82, 2.24) is 9.88 Å². The summed E-state index contributed by atoms with van der Waals surface area (Å²) in [6.07, 6.45) is 6.95. The summed E-state index contributed by atoms with van der Waals surface area (Å²) in [7, 11) is 2.04. The van der Waals surface area contributed by atoms with Gasteiger partial charge in [-0.1, -0.05) is 37.6 Å². The van der Waals surface area contributed by atoms with E-state index in [2.05, 4.69) is 22.1 Å². The number of carbonyl (C=O) groups is 3. The van der Waals surface area contributed by atoms with Crippen LogP contribution in [0.1, 0.15) is 54.9 Å². The first-order valence-electron chi connectivity index (χ1n) is 13.5. The van der Waals surface area contributed by atoms with Gasteiger partial charge in [-0.15, -0.1) is 0 Å². The molecule has 2 N–H and O–H groups in total. The maximum atomic E-state index is 13.1. The Hall–Kier alpha value is -4.20. The SMILES string of the molecule is CCCCN(C)c1ccc(-c2cccc(CN(CCC(=O)O)C(=O)c3cccnc3)c2)cc1NC(=O)C1CC1. The van der Waals surface area contributed by atoms with Gasteiger partial charge in [0.2, 0.25) is 5.91 Å². The minimum atomic E-state index is -0.961. The standard InChI is InChI=1S/C31H36N4O4/c1-3-4-16-34(2)28-13-12-25(19-27(28)33-30(38)23-10-11-23)24-8-5-7-22(18-24)21-35(17-14-29(36)37)31(39)26-9-6-15-32-20-26/h5-9,12-13,15,18-20,23H,3-4,10-11,14,16-17,21H2,1-2H3,(H,33,38)(H,36,37). The lowest BCUT2D eigenvalue weighted by Crippen LogP contribution is -2.32. The molecule has 8 heteroatoms. The molecule has 0 saturated heterocycles. The molecule has 0 aliphatic heterocycles. The zero-order valence-corrected chi connectivity index (χ0v) is 22.6. The van der Waals surface area contributed by atoms with Crippen LogP contribution in [0.4, 0.5) is 11.4 Å². The topological polar surface area (TPSA) is 103 Å². The van der Waals surface area contributed by atoms with Gasteiger partial charge in [0.25, 0.3) is 5.91 Å². The second-order valence-electron chi connectivity index (χ2n) is 10.1. The Labute approximate surface area is 229 Å². The summed E-state index contributed by atoms with van der Waals surface area (Å²) in [6, 6.07) is 17.3. The van der Waals surface area contributed by atoms with E-state index in [0.717, 1.165) is 60.3 Å². The minimum absolute atomic E-state index is 0.0639. The number of hydrogen-bond donors (Lipinski definition) is 2. The summed E-state index contributed by atoms with van der Waals surface area (Å²) >= 11 is 0. The van der Waals surface area contributed by atoms with Crippen LogP contribution < -0.4 is 10.2 Å². The molecule has 1 saturated carbocycles. The van der Waals surface area contributed by atoms with E-state index >= 15 is 0 Å². The second kappa shape index (κ2) is 13.0. The smallest absolute Gasteiger partial charge is 0.305 e. The first kappa shape index (κ1) is 27.8. The third-order valence-corrected chi connectivity index (χ3v) is 6.89. The van der Waals surface area contributed by atoms with Crippen molar-refractivity contribution in [3.05, 3.63) is 78.1 Å². The third-order valence-electron chi connectivity index (χ3n) is 6.89. The van der Waals surface area contributed by atoms with Gasteiger partial charge in [-0.25, -0.2) is 0 Å². The Morgan fingerprint density at radius 2 is 1.82 bits per heavy atom. The lowest BCUT2D eigenvalue weighted by molar-refractivity contribution is -0.137. The summed E-state index contributed by atoms with van der Waals surface area (Å²) in [4.78, 5) is 44.8. The van der Waals surface area contributed by atoms with Crippen LogP contribution in [0.2, 0.25) is 0 Å². The van der Waals surface area contributed by atoms with Gasteiger partial charge in [-0.3, -0.25) is 19.4 Å².